The molecule has 0 radical (unpaired) electrons. The molecule has 18 heavy (non-hydrogen) atoms. The Bertz CT molecular complexity index is 592. The highest BCUT2D eigenvalue weighted by molar-refractivity contribution is 9.10. The Labute approximate surface area is 125 Å². The summed E-state index contributed by atoms with van der Waals surface area (Å²) in [5, 5.41) is 5.43. The van der Waals surface area contributed by atoms with E-state index < -0.39 is 0 Å². The van der Waals surface area contributed by atoms with E-state index in [1.807, 2.05) is 6.92 Å². The van der Waals surface area contributed by atoms with Crippen LogP contribution in [0.4, 0.5) is 0 Å². The number of halogens is 3. The van der Waals surface area contributed by atoms with Crippen molar-refractivity contribution in [3.8, 4) is 0 Å². The maximum absolute atomic E-state index is 6.29. The second-order valence-corrected chi connectivity index (χ2v) is 6.18. The Morgan fingerprint density at radius 2 is 2.06 bits per heavy atom. The maximum Gasteiger partial charge on any atom is 0.154 e. The number of aryl methyl sites for hydroxylation is 1. The van der Waals surface area contributed by atoms with Gasteiger partial charge in [0.1, 0.15) is 5.76 Å². The predicted octanol–water partition coefficient (Wildman–Crippen LogP) is 5.31. The maximum atomic E-state index is 6.29. The van der Waals surface area contributed by atoms with Crippen LogP contribution in [0, 0.1) is 6.92 Å². The van der Waals surface area contributed by atoms with E-state index in [1.54, 1.807) is 6.07 Å². The molecule has 0 atom stereocenters. The normalized spacial score (nSPS) is 11.7. The lowest BCUT2D eigenvalue weighted by Crippen LogP contribution is -2.21. The summed E-state index contributed by atoms with van der Waals surface area (Å²) in [6.07, 6.45) is 0. The van der Waals surface area contributed by atoms with Crippen LogP contribution in [0.5, 0.6) is 0 Å². The van der Waals surface area contributed by atoms with Crippen LogP contribution in [-0.2, 0) is 6.54 Å². The lowest BCUT2D eigenvalue weighted by molar-refractivity contribution is 0.485. The molecule has 0 saturated carbocycles. The van der Waals surface area contributed by atoms with Crippen molar-refractivity contribution in [3.63, 3.8) is 0 Å². The van der Waals surface area contributed by atoms with E-state index in [2.05, 4.69) is 35.1 Å². The van der Waals surface area contributed by atoms with Crippen LogP contribution in [0.3, 0.4) is 0 Å². The number of hydrogen-bond acceptors (Lipinski definition) is 2. The molecule has 0 fully saturated rings. The number of furan rings is 1. The molecule has 5 heteroatoms. The van der Waals surface area contributed by atoms with Crippen molar-refractivity contribution < 1.29 is 4.42 Å². The molecule has 0 saturated heterocycles. The van der Waals surface area contributed by atoms with E-state index in [-0.39, 0.29) is 0 Å². The molecule has 0 amide bonds. The molecule has 1 aromatic heterocycles. The Morgan fingerprint density at radius 3 is 2.67 bits per heavy atom. The Hall–Kier alpha value is -0.220. The van der Waals surface area contributed by atoms with Crippen molar-refractivity contribution in [2.45, 2.75) is 33.4 Å². The molecule has 2 nitrogen and oxygen atoms in total. The van der Waals surface area contributed by atoms with Crippen molar-refractivity contribution in [2.24, 2.45) is 0 Å². The third-order valence-electron chi connectivity index (χ3n) is 2.82. The van der Waals surface area contributed by atoms with Crippen molar-refractivity contribution in [2.75, 3.05) is 0 Å². The number of nitrogens with one attached hydrogen (secondary N) is 1. The van der Waals surface area contributed by atoms with Gasteiger partial charge in [-0.25, -0.2) is 0 Å². The standard InChI is InChI=1S/C13H14BrCl2NO/c1-6(2)17-5-10-7(3)11-12(16)8(14)4-9(15)13(11)18-10/h4,6,17H,5H2,1-3H3. The summed E-state index contributed by atoms with van der Waals surface area (Å²) in [7, 11) is 0. The van der Waals surface area contributed by atoms with Crippen molar-refractivity contribution in [3.05, 3.63) is 31.9 Å². The highest BCUT2D eigenvalue weighted by Gasteiger charge is 2.18. The quantitative estimate of drug-likeness (QED) is 0.759. The fourth-order valence-corrected chi connectivity index (χ4v) is 2.90. The van der Waals surface area contributed by atoms with Crippen molar-refractivity contribution >= 4 is 50.1 Å². The largest absolute Gasteiger partial charge is 0.458 e. The summed E-state index contributed by atoms with van der Waals surface area (Å²) in [4.78, 5) is 0. The SMILES string of the molecule is Cc1c(CNC(C)C)oc2c(Cl)cc(Br)c(Cl)c12. The zero-order valence-corrected chi connectivity index (χ0v) is 13.5. The first-order valence-corrected chi connectivity index (χ1v) is 7.25. The number of fused-ring (bicyclic) bond motifs is 1. The van der Waals surface area contributed by atoms with E-state index >= 15 is 0 Å². The summed E-state index contributed by atoms with van der Waals surface area (Å²) in [5.74, 6) is 0.876. The molecule has 1 heterocycles. The molecule has 0 bridgehead atoms. The molecule has 0 spiro atoms. The lowest BCUT2D eigenvalue weighted by Gasteiger charge is -2.05. The summed E-state index contributed by atoms with van der Waals surface area (Å²) in [5.41, 5.74) is 1.69. The van der Waals surface area contributed by atoms with Gasteiger partial charge < -0.3 is 9.73 Å². The summed E-state index contributed by atoms with van der Waals surface area (Å²) >= 11 is 15.9. The Morgan fingerprint density at radius 1 is 1.39 bits per heavy atom. The van der Waals surface area contributed by atoms with E-state index in [9.17, 15) is 0 Å². The molecule has 2 aromatic rings. The zero-order valence-electron chi connectivity index (χ0n) is 10.4. The lowest BCUT2D eigenvalue weighted by atomic mass is 10.1. The summed E-state index contributed by atoms with van der Waals surface area (Å²) in [6, 6.07) is 2.16. The molecule has 0 aliphatic carbocycles. The molecule has 2 rings (SSSR count). The van der Waals surface area contributed by atoms with Gasteiger partial charge in [0.2, 0.25) is 0 Å². The average molecular weight is 351 g/mol. The first kappa shape index (κ1) is 14.2. The monoisotopic (exact) mass is 349 g/mol. The van der Waals surface area contributed by atoms with Gasteiger partial charge in [0.25, 0.3) is 0 Å². The second-order valence-electron chi connectivity index (χ2n) is 4.54. The van der Waals surface area contributed by atoms with Crippen molar-refractivity contribution in [1.29, 1.82) is 0 Å². The van der Waals surface area contributed by atoms with Crippen LogP contribution in [0.15, 0.2) is 15.0 Å². The average Bonchev–Trinajstić information content (AvgIpc) is 2.62. The fraction of sp³-hybridized carbons (Fsp3) is 0.385. The van der Waals surface area contributed by atoms with Gasteiger partial charge in [0, 0.05) is 21.5 Å². The minimum Gasteiger partial charge on any atom is -0.458 e. The molecule has 1 N–H and O–H groups in total. The number of hydrogen-bond donors (Lipinski definition) is 1. The third kappa shape index (κ3) is 2.55. The molecule has 0 aliphatic heterocycles. The minimum atomic E-state index is 0.398. The summed E-state index contributed by atoms with van der Waals surface area (Å²) in [6.45, 7) is 6.85. The van der Waals surface area contributed by atoms with E-state index in [1.165, 1.54) is 0 Å². The molecular formula is C13H14BrCl2NO. The third-order valence-corrected chi connectivity index (χ3v) is 4.34. The predicted molar refractivity (Wildman–Crippen MR) is 80.6 cm³/mol. The zero-order chi connectivity index (χ0) is 13.4. The molecule has 0 unspecified atom stereocenters. The van der Waals surface area contributed by atoms with E-state index in [0.717, 1.165) is 21.2 Å². The van der Waals surface area contributed by atoms with Gasteiger partial charge in [-0.2, -0.15) is 0 Å². The van der Waals surface area contributed by atoms with Crippen molar-refractivity contribution in [1.82, 2.24) is 5.32 Å². The van der Waals surface area contributed by atoms with Gasteiger partial charge in [-0.3, -0.25) is 0 Å². The molecule has 98 valence electrons. The van der Waals surface area contributed by atoms with Gasteiger partial charge in [-0.05, 0) is 28.9 Å². The Balaban J connectivity index is 2.56. The van der Waals surface area contributed by atoms with Crippen LogP contribution in [0.1, 0.15) is 25.2 Å². The van der Waals surface area contributed by atoms with Gasteiger partial charge in [-0.15, -0.1) is 0 Å². The highest BCUT2D eigenvalue weighted by Crippen LogP contribution is 2.40. The molecule has 1 aromatic carbocycles. The van der Waals surface area contributed by atoms with Gasteiger partial charge in [0.05, 0.1) is 16.6 Å². The summed E-state index contributed by atoms with van der Waals surface area (Å²) < 4.78 is 6.60. The minimum absolute atomic E-state index is 0.398. The number of rotatable bonds is 3. The van der Waals surface area contributed by atoms with Crippen LogP contribution in [-0.4, -0.2) is 6.04 Å². The van der Waals surface area contributed by atoms with Crippen LogP contribution < -0.4 is 5.32 Å². The van der Waals surface area contributed by atoms with Gasteiger partial charge >= 0.3 is 0 Å². The Kier molecular flexibility index (Phi) is 4.27. The van der Waals surface area contributed by atoms with Crippen LogP contribution >= 0.6 is 39.1 Å². The highest BCUT2D eigenvalue weighted by atomic mass is 79.9. The first-order chi connectivity index (χ1) is 8.41. The first-order valence-electron chi connectivity index (χ1n) is 5.70. The van der Waals surface area contributed by atoms with E-state index in [0.29, 0.717) is 28.2 Å². The smallest absolute Gasteiger partial charge is 0.154 e. The van der Waals surface area contributed by atoms with Crippen LogP contribution in [0.2, 0.25) is 10.0 Å². The number of benzene rings is 1. The van der Waals surface area contributed by atoms with Gasteiger partial charge in [0.15, 0.2) is 5.58 Å². The van der Waals surface area contributed by atoms with Gasteiger partial charge in [-0.1, -0.05) is 37.0 Å². The second kappa shape index (κ2) is 5.41. The molecule has 0 aliphatic rings. The van der Waals surface area contributed by atoms with Crippen LogP contribution in [0.25, 0.3) is 11.0 Å². The van der Waals surface area contributed by atoms with E-state index in [4.69, 9.17) is 27.6 Å². The fourth-order valence-electron chi connectivity index (χ4n) is 1.82. The topological polar surface area (TPSA) is 25.2 Å². The molecular weight excluding hydrogens is 337 g/mol.